The summed E-state index contributed by atoms with van der Waals surface area (Å²) >= 11 is 1.33. The van der Waals surface area contributed by atoms with Crippen LogP contribution in [0.5, 0.6) is 0 Å². The van der Waals surface area contributed by atoms with Crippen LogP contribution in [-0.2, 0) is 10.0 Å². The van der Waals surface area contributed by atoms with Crippen molar-refractivity contribution < 1.29 is 13.5 Å². The van der Waals surface area contributed by atoms with Crippen molar-refractivity contribution in [3.8, 4) is 0 Å². The van der Waals surface area contributed by atoms with Gasteiger partial charge in [-0.1, -0.05) is 0 Å². The minimum Gasteiger partial charge on any atom is -0.392 e. The van der Waals surface area contributed by atoms with Gasteiger partial charge in [0.25, 0.3) is 10.0 Å². The molecule has 0 spiro atoms. The van der Waals surface area contributed by atoms with Crippen LogP contribution in [0, 0.1) is 12.8 Å². The molecule has 7 heteroatoms. The molecule has 0 aromatic carbocycles. The smallest absolute Gasteiger partial charge is 0.252 e. The van der Waals surface area contributed by atoms with E-state index in [1.54, 1.807) is 20.0 Å². The van der Waals surface area contributed by atoms with Gasteiger partial charge in [0.15, 0.2) is 0 Å². The highest BCUT2D eigenvalue weighted by Crippen LogP contribution is 2.26. The number of piperidine rings is 1. The number of β-amino-alcohol motifs (C(OH)–C–C–N with tert-alkyl or cyclic N) is 1. The third-order valence-corrected chi connectivity index (χ3v) is 7.42. The standard InChI is InChI=1S/C15H26N2O3S2/c1-12(18)10-17-8-6-14(7-9-17)11-16(3)22(19,20)15-5-4-13(2)21-15/h4-5,12,14,18H,6-11H2,1-3H3. The van der Waals surface area contributed by atoms with Crippen molar-refractivity contribution in [3.63, 3.8) is 0 Å². The van der Waals surface area contributed by atoms with Gasteiger partial charge < -0.3 is 10.0 Å². The molecule has 0 amide bonds. The molecular weight excluding hydrogens is 320 g/mol. The number of rotatable bonds is 6. The average molecular weight is 347 g/mol. The number of hydrogen-bond acceptors (Lipinski definition) is 5. The fourth-order valence-electron chi connectivity index (χ4n) is 2.89. The first-order chi connectivity index (χ1) is 10.3. The van der Waals surface area contributed by atoms with Gasteiger partial charge in [0.1, 0.15) is 4.21 Å². The number of nitrogens with zero attached hydrogens (tertiary/aromatic N) is 2. The van der Waals surface area contributed by atoms with Crippen molar-refractivity contribution in [3.05, 3.63) is 17.0 Å². The molecule has 0 radical (unpaired) electrons. The zero-order chi connectivity index (χ0) is 16.3. The molecule has 2 rings (SSSR count). The molecule has 0 aliphatic carbocycles. The fourth-order valence-corrected chi connectivity index (χ4v) is 5.63. The van der Waals surface area contributed by atoms with E-state index in [9.17, 15) is 13.5 Å². The van der Waals surface area contributed by atoms with E-state index in [1.165, 1.54) is 15.6 Å². The lowest BCUT2D eigenvalue weighted by molar-refractivity contribution is 0.0972. The summed E-state index contributed by atoms with van der Waals surface area (Å²) in [7, 11) is -1.68. The first-order valence-corrected chi connectivity index (χ1v) is 9.98. The third-order valence-electron chi connectivity index (χ3n) is 4.13. The molecule has 5 nitrogen and oxygen atoms in total. The molecule has 22 heavy (non-hydrogen) atoms. The van der Waals surface area contributed by atoms with Gasteiger partial charge in [-0.05, 0) is 57.8 Å². The van der Waals surface area contributed by atoms with Crippen LogP contribution < -0.4 is 0 Å². The summed E-state index contributed by atoms with van der Waals surface area (Å²) in [5, 5.41) is 9.42. The second kappa shape index (κ2) is 7.40. The zero-order valence-electron chi connectivity index (χ0n) is 13.5. The highest BCUT2D eigenvalue weighted by atomic mass is 32.2. The summed E-state index contributed by atoms with van der Waals surface area (Å²) in [6.45, 7) is 6.86. The minimum atomic E-state index is -3.35. The van der Waals surface area contributed by atoms with Crippen molar-refractivity contribution in [2.45, 2.75) is 37.0 Å². The van der Waals surface area contributed by atoms with E-state index < -0.39 is 10.0 Å². The monoisotopic (exact) mass is 346 g/mol. The Morgan fingerprint density at radius 3 is 2.55 bits per heavy atom. The van der Waals surface area contributed by atoms with Gasteiger partial charge in [0, 0.05) is 25.0 Å². The molecule has 2 heterocycles. The van der Waals surface area contributed by atoms with Gasteiger partial charge in [-0.25, -0.2) is 8.42 Å². The van der Waals surface area contributed by atoms with Crippen LogP contribution in [0.2, 0.25) is 0 Å². The highest BCUT2D eigenvalue weighted by Gasteiger charge is 2.27. The number of likely N-dealkylation sites (tertiary alicyclic amines) is 1. The van der Waals surface area contributed by atoms with Gasteiger partial charge >= 0.3 is 0 Å². The Labute approximate surface area is 137 Å². The van der Waals surface area contributed by atoms with E-state index in [2.05, 4.69) is 4.90 Å². The predicted octanol–water partition coefficient (Wildman–Crippen LogP) is 1.77. The van der Waals surface area contributed by atoms with Crippen LogP contribution in [0.4, 0.5) is 0 Å². The van der Waals surface area contributed by atoms with Crippen LogP contribution in [0.1, 0.15) is 24.6 Å². The molecule has 1 fully saturated rings. The van der Waals surface area contributed by atoms with E-state index in [0.29, 0.717) is 23.2 Å². The van der Waals surface area contributed by atoms with E-state index >= 15 is 0 Å². The van der Waals surface area contributed by atoms with Crippen LogP contribution in [0.25, 0.3) is 0 Å². The Morgan fingerprint density at radius 1 is 1.41 bits per heavy atom. The number of aliphatic hydroxyl groups excluding tert-OH is 1. The lowest BCUT2D eigenvalue weighted by Gasteiger charge is -2.34. The van der Waals surface area contributed by atoms with Gasteiger partial charge in [0.2, 0.25) is 0 Å². The van der Waals surface area contributed by atoms with Gasteiger partial charge in [-0.2, -0.15) is 4.31 Å². The first-order valence-electron chi connectivity index (χ1n) is 7.72. The van der Waals surface area contributed by atoms with E-state index in [0.717, 1.165) is 30.8 Å². The molecule has 1 aliphatic heterocycles. The summed E-state index contributed by atoms with van der Waals surface area (Å²) in [6, 6.07) is 3.54. The van der Waals surface area contributed by atoms with E-state index in [-0.39, 0.29) is 6.10 Å². The minimum absolute atomic E-state index is 0.304. The molecule has 1 aliphatic rings. The van der Waals surface area contributed by atoms with Crippen molar-refractivity contribution >= 4 is 21.4 Å². The maximum absolute atomic E-state index is 12.5. The number of aliphatic hydroxyl groups is 1. The summed E-state index contributed by atoms with van der Waals surface area (Å²) < 4.78 is 27.0. The van der Waals surface area contributed by atoms with Gasteiger partial charge in [0.05, 0.1) is 6.10 Å². The SMILES string of the molecule is Cc1ccc(S(=O)(=O)N(C)CC2CCN(CC(C)O)CC2)s1. The van der Waals surface area contributed by atoms with Crippen LogP contribution >= 0.6 is 11.3 Å². The molecule has 1 saturated heterocycles. The first kappa shape index (κ1) is 17.9. The van der Waals surface area contributed by atoms with Crippen molar-refractivity contribution in [2.24, 2.45) is 5.92 Å². The Balaban J connectivity index is 1.89. The van der Waals surface area contributed by atoms with Crippen molar-refractivity contribution in [2.75, 3.05) is 33.2 Å². The number of aryl methyl sites for hydroxylation is 1. The molecule has 1 unspecified atom stereocenters. The molecule has 1 aromatic rings. The van der Waals surface area contributed by atoms with Gasteiger partial charge in [-0.3, -0.25) is 0 Å². The Kier molecular flexibility index (Phi) is 6.01. The van der Waals surface area contributed by atoms with Crippen LogP contribution in [0.3, 0.4) is 0 Å². The van der Waals surface area contributed by atoms with Crippen LogP contribution in [0.15, 0.2) is 16.3 Å². The summed E-state index contributed by atoms with van der Waals surface area (Å²) in [4.78, 5) is 3.26. The summed E-state index contributed by atoms with van der Waals surface area (Å²) in [6.07, 6.45) is 1.66. The second-order valence-corrected chi connectivity index (χ2v) is 9.80. The molecular formula is C15H26N2O3S2. The Bertz CT molecular complexity index is 575. The number of sulfonamides is 1. The lowest BCUT2D eigenvalue weighted by Crippen LogP contribution is -2.41. The average Bonchev–Trinajstić information content (AvgIpc) is 2.87. The quantitative estimate of drug-likeness (QED) is 0.853. The summed E-state index contributed by atoms with van der Waals surface area (Å²) in [5.41, 5.74) is 0. The molecule has 0 bridgehead atoms. The third kappa shape index (κ3) is 4.52. The van der Waals surface area contributed by atoms with Crippen molar-refractivity contribution in [1.82, 2.24) is 9.21 Å². The summed E-state index contributed by atoms with van der Waals surface area (Å²) in [5.74, 6) is 0.395. The number of hydrogen-bond donors (Lipinski definition) is 1. The van der Waals surface area contributed by atoms with E-state index in [4.69, 9.17) is 0 Å². The molecule has 1 N–H and O–H groups in total. The maximum atomic E-state index is 12.5. The van der Waals surface area contributed by atoms with Crippen LogP contribution in [-0.4, -0.2) is 62.1 Å². The predicted molar refractivity (Wildman–Crippen MR) is 89.7 cm³/mol. The Morgan fingerprint density at radius 2 is 2.05 bits per heavy atom. The Hall–Kier alpha value is -0.470. The van der Waals surface area contributed by atoms with Crippen molar-refractivity contribution in [1.29, 1.82) is 0 Å². The molecule has 0 saturated carbocycles. The molecule has 1 aromatic heterocycles. The number of thiophene rings is 1. The normalized spacial score (nSPS) is 19.7. The zero-order valence-corrected chi connectivity index (χ0v) is 15.2. The van der Waals surface area contributed by atoms with E-state index in [1.807, 2.05) is 13.0 Å². The topological polar surface area (TPSA) is 60.9 Å². The lowest BCUT2D eigenvalue weighted by atomic mass is 9.97. The van der Waals surface area contributed by atoms with Gasteiger partial charge in [-0.15, -0.1) is 11.3 Å². The fraction of sp³-hybridized carbons (Fsp3) is 0.733. The molecule has 1 atom stereocenters. The highest BCUT2D eigenvalue weighted by molar-refractivity contribution is 7.91. The largest absolute Gasteiger partial charge is 0.392 e. The molecule has 126 valence electrons. The second-order valence-electron chi connectivity index (χ2n) is 6.24. The maximum Gasteiger partial charge on any atom is 0.252 e.